The average Bonchev–Trinajstić information content (AvgIpc) is 2.66. The van der Waals surface area contributed by atoms with Crippen molar-refractivity contribution in [2.75, 3.05) is 38.0 Å². The minimum absolute atomic E-state index is 0.151. The van der Waals surface area contributed by atoms with Crippen LogP contribution in [0.4, 0.5) is 11.4 Å². The molecule has 27 heavy (non-hydrogen) atoms. The van der Waals surface area contributed by atoms with Crippen LogP contribution < -0.4 is 9.80 Å². The van der Waals surface area contributed by atoms with Gasteiger partial charge in [0.2, 0.25) is 0 Å². The van der Waals surface area contributed by atoms with E-state index in [2.05, 4.69) is 6.58 Å². The van der Waals surface area contributed by atoms with Gasteiger partial charge >= 0.3 is 0 Å². The Balaban J connectivity index is 2.50. The van der Waals surface area contributed by atoms with Crippen molar-refractivity contribution >= 4 is 22.7 Å². The normalized spacial score (nSPS) is 10.9. The van der Waals surface area contributed by atoms with Gasteiger partial charge in [0.1, 0.15) is 5.76 Å². The summed E-state index contributed by atoms with van der Waals surface area (Å²) in [5.41, 5.74) is 4.81. The van der Waals surface area contributed by atoms with E-state index in [1.165, 1.54) is 12.2 Å². The summed E-state index contributed by atoms with van der Waals surface area (Å²) in [6.07, 6.45) is 3.94. The van der Waals surface area contributed by atoms with Crippen molar-refractivity contribution in [1.29, 1.82) is 0 Å². The fourth-order valence-electron chi connectivity index (χ4n) is 2.60. The number of aliphatic hydroxyl groups excluding tert-OH is 1. The number of rotatable bonds is 7. The number of aliphatic hydroxyl groups is 1. The molecule has 0 aliphatic rings. The molecule has 0 radical (unpaired) electrons. The molecule has 0 bridgehead atoms. The molecule has 2 aromatic carbocycles. The van der Waals surface area contributed by atoms with E-state index in [-0.39, 0.29) is 11.5 Å². The summed E-state index contributed by atoms with van der Waals surface area (Å²) in [6, 6.07) is 16.0. The summed E-state index contributed by atoms with van der Waals surface area (Å²) in [5, 5.41) is 9.56. The Labute approximate surface area is 161 Å². The molecule has 4 heteroatoms. The summed E-state index contributed by atoms with van der Waals surface area (Å²) < 4.78 is 0. The van der Waals surface area contributed by atoms with Crippen molar-refractivity contribution < 1.29 is 9.90 Å². The van der Waals surface area contributed by atoms with E-state index in [0.717, 1.165) is 34.2 Å². The number of nitrogens with zero attached hydrogens (tertiary/aromatic N) is 2. The van der Waals surface area contributed by atoms with Gasteiger partial charge in [-0.1, -0.05) is 30.8 Å². The lowest BCUT2D eigenvalue weighted by Gasteiger charge is -2.16. The third-order valence-corrected chi connectivity index (χ3v) is 4.18. The van der Waals surface area contributed by atoms with Crippen LogP contribution in [0.25, 0.3) is 5.57 Å². The molecule has 0 aliphatic heterocycles. The van der Waals surface area contributed by atoms with Crippen LogP contribution in [-0.4, -0.2) is 39.1 Å². The van der Waals surface area contributed by atoms with E-state index in [0.29, 0.717) is 0 Å². The zero-order chi connectivity index (χ0) is 20.0. The summed E-state index contributed by atoms with van der Waals surface area (Å²) in [7, 11) is 7.94. The number of carbonyl (C=O) groups is 1. The maximum Gasteiger partial charge on any atom is 0.182 e. The Morgan fingerprint density at radius 2 is 1.22 bits per heavy atom. The highest BCUT2D eigenvalue weighted by Crippen LogP contribution is 2.27. The van der Waals surface area contributed by atoms with Crippen LogP contribution >= 0.6 is 0 Å². The Hall–Kier alpha value is -3.27. The maximum atomic E-state index is 12.3. The van der Waals surface area contributed by atoms with Gasteiger partial charge in [0.05, 0.1) is 0 Å². The van der Waals surface area contributed by atoms with Crippen LogP contribution in [-0.2, 0) is 4.79 Å². The third kappa shape index (κ3) is 5.35. The first-order valence-corrected chi connectivity index (χ1v) is 8.66. The molecule has 0 unspecified atom stereocenters. The lowest BCUT2D eigenvalue weighted by Crippen LogP contribution is -2.08. The molecule has 0 fully saturated rings. The summed E-state index contributed by atoms with van der Waals surface area (Å²) >= 11 is 0. The zero-order valence-electron chi connectivity index (χ0n) is 16.3. The third-order valence-electron chi connectivity index (χ3n) is 4.18. The van der Waals surface area contributed by atoms with Gasteiger partial charge in [0, 0.05) is 45.6 Å². The van der Waals surface area contributed by atoms with Gasteiger partial charge in [-0.3, -0.25) is 4.79 Å². The lowest BCUT2D eigenvalue weighted by atomic mass is 9.96. The highest BCUT2D eigenvalue weighted by molar-refractivity contribution is 6.07. The number of hydrogen-bond donors (Lipinski definition) is 1. The second-order valence-corrected chi connectivity index (χ2v) is 6.62. The lowest BCUT2D eigenvalue weighted by molar-refractivity contribution is -0.110. The highest BCUT2D eigenvalue weighted by Gasteiger charge is 2.09. The molecule has 0 atom stereocenters. The predicted octanol–water partition coefficient (Wildman–Crippen LogP) is 4.45. The summed E-state index contributed by atoms with van der Waals surface area (Å²) in [6.45, 7) is 3.46. The average molecular weight is 362 g/mol. The first kappa shape index (κ1) is 20.0. The van der Waals surface area contributed by atoms with E-state index in [1.54, 1.807) is 0 Å². The molecule has 0 spiro atoms. The van der Waals surface area contributed by atoms with Gasteiger partial charge < -0.3 is 14.9 Å². The minimum Gasteiger partial charge on any atom is -0.508 e. The van der Waals surface area contributed by atoms with Gasteiger partial charge in [-0.15, -0.1) is 0 Å². The largest absolute Gasteiger partial charge is 0.508 e. The first-order chi connectivity index (χ1) is 12.8. The van der Waals surface area contributed by atoms with Crippen LogP contribution in [0, 0.1) is 0 Å². The van der Waals surface area contributed by atoms with Crippen LogP contribution in [0.3, 0.4) is 0 Å². The second-order valence-electron chi connectivity index (χ2n) is 6.62. The van der Waals surface area contributed by atoms with Gasteiger partial charge in [-0.25, -0.2) is 0 Å². The van der Waals surface area contributed by atoms with Crippen LogP contribution in [0.15, 0.2) is 79.1 Å². The molecule has 0 heterocycles. The number of carbonyl (C=O) groups excluding carboxylic acids is 1. The summed E-state index contributed by atoms with van der Waals surface area (Å²) in [4.78, 5) is 16.4. The molecule has 4 nitrogen and oxygen atoms in total. The zero-order valence-corrected chi connectivity index (χ0v) is 16.3. The fourth-order valence-corrected chi connectivity index (χ4v) is 2.60. The van der Waals surface area contributed by atoms with Crippen molar-refractivity contribution in [2.24, 2.45) is 0 Å². The van der Waals surface area contributed by atoms with E-state index in [9.17, 15) is 9.90 Å². The molecule has 0 saturated heterocycles. The molecule has 0 aliphatic carbocycles. The molecule has 2 rings (SSSR count). The Kier molecular flexibility index (Phi) is 6.61. The quantitative estimate of drug-likeness (QED) is 0.449. The molecule has 0 saturated carbocycles. The SMILES string of the molecule is C=CC(O)=CC(=O)C=C(c1ccc(N(C)C)cc1)c1ccc(N(C)C)cc1. The standard InChI is InChI=1S/C23H26N2O2/c1-6-21(26)15-22(27)16-23(17-7-11-19(12-8-17)24(2)3)18-9-13-20(14-10-18)25(4)5/h6-16,26H,1H2,2-5H3. The summed E-state index contributed by atoms with van der Waals surface area (Å²) in [5.74, 6) is -0.447. The topological polar surface area (TPSA) is 43.8 Å². The predicted molar refractivity (Wildman–Crippen MR) is 115 cm³/mol. The van der Waals surface area contributed by atoms with Crippen molar-refractivity contribution in [2.45, 2.75) is 0 Å². The minimum atomic E-state index is -0.296. The van der Waals surface area contributed by atoms with Crippen molar-refractivity contribution in [3.8, 4) is 0 Å². The van der Waals surface area contributed by atoms with E-state index >= 15 is 0 Å². The van der Waals surface area contributed by atoms with Crippen molar-refractivity contribution in [3.05, 3.63) is 90.2 Å². The number of benzene rings is 2. The van der Waals surface area contributed by atoms with Gasteiger partial charge in [-0.05, 0) is 53.1 Å². The van der Waals surface area contributed by atoms with Gasteiger partial charge in [0.15, 0.2) is 5.78 Å². The number of ketones is 1. The van der Waals surface area contributed by atoms with Crippen molar-refractivity contribution in [1.82, 2.24) is 0 Å². The highest BCUT2D eigenvalue weighted by atomic mass is 16.3. The molecular weight excluding hydrogens is 336 g/mol. The maximum absolute atomic E-state index is 12.3. The molecule has 2 aromatic rings. The van der Waals surface area contributed by atoms with E-state index in [4.69, 9.17) is 0 Å². The van der Waals surface area contributed by atoms with Crippen LogP contribution in [0.2, 0.25) is 0 Å². The van der Waals surface area contributed by atoms with Crippen LogP contribution in [0.5, 0.6) is 0 Å². The molecule has 0 amide bonds. The number of allylic oxidation sites excluding steroid dienone is 3. The number of hydrogen-bond acceptors (Lipinski definition) is 4. The Bertz CT molecular complexity index is 805. The Morgan fingerprint density at radius 1 is 0.815 bits per heavy atom. The first-order valence-electron chi connectivity index (χ1n) is 8.66. The Morgan fingerprint density at radius 3 is 1.56 bits per heavy atom. The fraction of sp³-hybridized carbons (Fsp3) is 0.174. The van der Waals surface area contributed by atoms with Gasteiger partial charge in [0.25, 0.3) is 0 Å². The molecule has 140 valence electrons. The molecule has 1 N–H and O–H groups in total. The number of anilines is 2. The van der Waals surface area contributed by atoms with E-state index in [1.807, 2.05) is 86.5 Å². The second kappa shape index (κ2) is 8.90. The van der Waals surface area contributed by atoms with Gasteiger partial charge in [-0.2, -0.15) is 0 Å². The van der Waals surface area contributed by atoms with Crippen LogP contribution in [0.1, 0.15) is 11.1 Å². The van der Waals surface area contributed by atoms with E-state index < -0.39 is 0 Å². The monoisotopic (exact) mass is 362 g/mol. The van der Waals surface area contributed by atoms with Crippen molar-refractivity contribution in [3.63, 3.8) is 0 Å². The molecular formula is C23H26N2O2. The molecule has 0 aromatic heterocycles. The smallest absolute Gasteiger partial charge is 0.182 e.